The number of nitrogens with zero attached hydrogens (tertiary/aromatic N) is 1. The van der Waals surface area contributed by atoms with Gasteiger partial charge in [-0.2, -0.15) is 0 Å². The van der Waals surface area contributed by atoms with Crippen LogP contribution in [0, 0.1) is 0 Å². The highest BCUT2D eigenvalue weighted by molar-refractivity contribution is 7.98. The molecular formula is C13H11Cl2NS. The maximum Gasteiger partial charge on any atom is 0.0629 e. The average molecular weight is 284 g/mol. The number of benzene rings is 1. The van der Waals surface area contributed by atoms with Crippen LogP contribution >= 0.6 is 35.0 Å². The van der Waals surface area contributed by atoms with Crippen LogP contribution in [0.3, 0.4) is 0 Å². The zero-order valence-corrected chi connectivity index (χ0v) is 11.4. The number of aromatic nitrogens is 1. The van der Waals surface area contributed by atoms with Crippen molar-refractivity contribution in [3.8, 4) is 0 Å². The number of hydrogen-bond acceptors (Lipinski definition) is 2. The van der Waals surface area contributed by atoms with Crippen LogP contribution in [0.2, 0.25) is 5.02 Å². The van der Waals surface area contributed by atoms with Gasteiger partial charge in [-0.1, -0.05) is 23.7 Å². The fraction of sp³-hybridized carbons (Fsp3) is 0.154. The maximum absolute atomic E-state index is 6.04. The van der Waals surface area contributed by atoms with Gasteiger partial charge in [0.1, 0.15) is 0 Å². The van der Waals surface area contributed by atoms with E-state index in [4.69, 9.17) is 23.2 Å². The molecule has 2 aromatic rings. The Morgan fingerprint density at radius 3 is 2.53 bits per heavy atom. The van der Waals surface area contributed by atoms with Gasteiger partial charge < -0.3 is 0 Å². The number of alkyl halides is 1. The van der Waals surface area contributed by atoms with Crippen LogP contribution in [-0.4, -0.2) is 4.98 Å². The molecule has 1 aromatic carbocycles. The second kappa shape index (κ2) is 6.29. The summed E-state index contributed by atoms with van der Waals surface area (Å²) in [6, 6.07) is 10.2. The molecule has 0 saturated heterocycles. The van der Waals surface area contributed by atoms with Crippen LogP contribution in [0.1, 0.15) is 11.1 Å². The fourth-order valence-corrected chi connectivity index (χ4v) is 2.70. The molecule has 17 heavy (non-hydrogen) atoms. The number of thioether (sulfide) groups is 1. The first-order valence-electron chi connectivity index (χ1n) is 5.15. The van der Waals surface area contributed by atoms with Gasteiger partial charge in [0, 0.05) is 28.9 Å². The normalized spacial score (nSPS) is 10.5. The Labute approximate surface area is 115 Å². The summed E-state index contributed by atoms with van der Waals surface area (Å²) in [7, 11) is 0. The van der Waals surface area contributed by atoms with E-state index in [0.29, 0.717) is 5.88 Å². The van der Waals surface area contributed by atoms with Crippen LogP contribution in [0.25, 0.3) is 0 Å². The summed E-state index contributed by atoms with van der Waals surface area (Å²) < 4.78 is 0. The molecule has 0 aliphatic rings. The van der Waals surface area contributed by atoms with Crippen LogP contribution < -0.4 is 0 Å². The van der Waals surface area contributed by atoms with Crippen molar-refractivity contribution < 1.29 is 0 Å². The molecule has 0 aliphatic heterocycles. The zero-order valence-electron chi connectivity index (χ0n) is 9.07. The minimum absolute atomic E-state index is 0.557. The molecule has 0 amide bonds. The molecule has 0 saturated carbocycles. The van der Waals surface area contributed by atoms with E-state index in [1.807, 2.05) is 18.2 Å². The van der Waals surface area contributed by atoms with Crippen molar-refractivity contribution in [3.05, 3.63) is 58.9 Å². The van der Waals surface area contributed by atoms with Gasteiger partial charge >= 0.3 is 0 Å². The van der Waals surface area contributed by atoms with Gasteiger partial charge in [0.15, 0.2) is 0 Å². The highest BCUT2D eigenvalue weighted by Gasteiger charge is 2.01. The van der Waals surface area contributed by atoms with Crippen LogP contribution in [0.4, 0.5) is 0 Å². The quantitative estimate of drug-likeness (QED) is 0.592. The number of halogens is 2. The monoisotopic (exact) mass is 283 g/mol. The standard InChI is InChI=1S/C13H11Cl2NS/c14-7-10-1-3-12(4-2-10)17-9-11-5-6-16-8-13(11)15/h1-6,8H,7,9H2. The Balaban J connectivity index is 2.00. The fourth-order valence-electron chi connectivity index (χ4n) is 1.36. The van der Waals surface area contributed by atoms with E-state index in [9.17, 15) is 0 Å². The van der Waals surface area contributed by atoms with Crippen molar-refractivity contribution in [2.75, 3.05) is 0 Å². The first-order chi connectivity index (χ1) is 8.29. The van der Waals surface area contributed by atoms with Crippen LogP contribution in [-0.2, 0) is 11.6 Å². The highest BCUT2D eigenvalue weighted by atomic mass is 35.5. The van der Waals surface area contributed by atoms with E-state index >= 15 is 0 Å². The molecule has 0 unspecified atom stereocenters. The number of pyridine rings is 1. The average Bonchev–Trinajstić information content (AvgIpc) is 2.38. The SMILES string of the molecule is ClCc1ccc(SCc2ccncc2Cl)cc1. The van der Waals surface area contributed by atoms with E-state index in [-0.39, 0.29) is 0 Å². The van der Waals surface area contributed by atoms with E-state index in [0.717, 1.165) is 21.9 Å². The molecule has 1 aromatic heterocycles. The molecule has 1 heterocycles. The van der Waals surface area contributed by atoms with Gasteiger partial charge in [0.2, 0.25) is 0 Å². The smallest absolute Gasteiger partial charge is 0.0629 e. The van der Waals surface area contributed by atoms with Crippen molar-refractivity contribution in [2.45, 2.75) is 16.5 Å². The van der Waals surface area contributed by atoms with Crippen molar-refractivity contribution in [2.24, 2.45) is 0 Å². The molecule has 0 N–H and O–H groups in total. The summed E-state index contributed by atoms with van der Waals surface area (Å²) in [6.07, 6.45) is 3.44. The summed E-state index contributed by atoms with van der Waals surface area (Å²) in [5.74, 6) is 1.41. The van der Waals surface area contributed by atoms with E-state index in [2.05, 4.69) is 17.1 Å². The number of hydrogen-bond donors (Lipinski definition) is 0. The van der Waals surface area contributed by atoms with Crippen LogP contribution in [0.15, 0.2) is 47.6 Å². The van der Waals surface area contributed by atoms with Crippen molar-refractivity contribution >= 4 is 35.0 Å². The Morgan fingerprint density at radius 2 is 1.88 bits per heavy atom. The third-order valence-electron chi connectivity index (χ3n) is 2.33. The van der Waals surface area contributed by atoms with Gasteiger partial charge in [0.25, 0.3) is 0 Å². The summed E-state index contributed by atoms with van der Waals surface area (Å²) in [6.45, 7) is 0. The van der Waals surface area contributed by atoms with Crippen LogP contribution in [0.5, 0.6) is 0 Å². The highest BCUT2D eigenvalue weighted by Crippen LogP contribution is 2.26. The van der Waals surface area contributed by atoms with Crippen molar-refractivity contribution in [3.63, 3.8) is 0 Å². The predicted octanol–water partition coefficient (Wildman–Crippen LogP) is 4.77. The summed E-state index contributed by atoms with van der Waals surface area (Å²) >= 11 is 13.5. The Morgan fingerprint density at radius 1 is 1.12 bits per heavy atom. The Hall–Kier alpha value is -0.700. The van der Waals surface area contributed by atoms with E-state index in [1.54, 1.807) is 24.2 Å². The third kappa shape index (κ3) is 3.63. The summed E-state index contributed by atoms with van der Waals surface area (Å²) in [5, 5.41) is 0.720. The lowest BCUT2D eigenvalue weighted by molar-refractivity contribution is 1.27. The molecular weight excluding hydrogens is 273 g/mol. The van der Waals surface area contributed by atoms with Gasteiger partial charge in [-0.15, -0.1) is 23.4 Å². The molecule has 0 bridgehead atoms. The van der Waals surface area contributed by atoms with Crippen molar-refractivity contribution in [1.29, 1.82) is 0 Å². The minimum atomic E-state index is 0.557. The lowest BCUT2D eigenvalue weighted by Crippen LogP contribution is -1.84. The molecule has 88 valence electrons. The lowest BCUT2D eigenvalue weighted by atomic mass is 10.2. The van der Waals surface area contributed by atoms with E-state index in [1.165, 1.54) is 4.90 Å². The molecule has 4 heteroatoms. The van der Waals surface area contributed by atoms with Gasteiger partial charge in [-0.3, -0.25) is 4.98 Å². The minimum Gasteiger partial charge on any atom is -0.263 e. The molecule has 0 radical (unpaired) electrons. The van der Waals surface area contributed by atoms with Gasteiger partial charge in [-0.05, 0) is 29.3 Å². The molecule has 0 spiro atoms. The predicted molar refractivity (Wildman–Crippen MR) is 74.8 cm³/mol. The summed E-state index contributed by atoms with van der Waals surface area (Å²) in [4.78, 5) is 5.18. The topological polar surface area (TPSA) is 12.9 Å². The van der Waals surface area contributed by atoms with Gasteiger partial charge in [0.05, 0.1) is 5.02 Å². The molecule has 2 rings (SSSR count). The van der Waals surface area contributed by atoms with Crippen molar-refractivity contribution in [1.82, 2.24) is 4.98 Å². The third-order valence-corrected chi connectivity index (χ3v) is 4.04. The first kappa shape index (κ1) is 12.7. The largest absolute Gasteiger partial charge is 0.263 e. The Bertz CT molecular complexity index is 485. The molecule has 0 atom stereocenters. The van der Waals surface area contributed by atoms with Gasteiger partial charge in [-0.25, -0.2) is 0 Å². The van der Waals surface area contributed by atoms with E-state index < -0.39 is 0 Å². The lowest BCUT2D eigenvalue weighted by Gasteiger charge is -2.04. The summed E-state index contributed by atoms with van der Waals surface area (Å²) in [5.41, 5.74) is 2.24. The second-order valence-corrected chi connectivity index (χ2v) is 5.26. The molecule has 0 aliphatic carbocycles. The zero-order chi connectivity index (χ0) is 12.1. The molecule has 1 nitrogen and oxygen atoms in total. The second-order valence-electron chi connectivity index (χ2n) is 3.53. The maximum atomic E-state index is 6.04. The molecule has 0 fully saturated rings. The number of rotatable bonds is 4. The Kier molecular flexibility index (Phi) is 4.72. The first-order valence-corrected chi connectivity index (χ1v) is 7.05.